The van der Waals surface area contributed by atoms with E-state index in [1.165, 1.54) is 7.11 Å². The minimum absolute atomic E-state index is 0.0236. The Kier molecular flexibility index (Phi) is 3.72. The van der Waals surface area contributed by atoms with E-state index in [4.69, 9.17) is 10.5 Å². The van der Waals surface area contributed by atoms with E-state index >= 15 is 0 Å². The number of para-hydroxylation sites is 1. The summed E-state index contributed by atoms with van der Waals surface area (Å²) in [6.07, 6.45) is 1.84. The molecule has 1 aromatic carbocycles. The first-order chi connectivity index (χ1) is 8.63. The van der Waals surface area contributed by atoms with Crippen LogP contribution in [0.1, 0.15) is 23.2 Å². The summed E-state index contributed by atoms with van der Waals surface area (Å²) in [5, 5.41) is 9.95. The maximum atomic E-state index is 12.3. The van der Waals surface area contributed by atoms with E-state index in [9.17, 15) is 9.90 Å². The van der Waals surface area contributed by atoms with Gasteiger partial charge in [-0.05, 0) is 25.0 Å². The molecule has 1 saturated heterocycles. The van der Waals surface area contributed by atoms with Crippen molar-refractivity contribution >= 4 is 5.91 Å². The second kappa shape index (κ2) is 5.27. The number of benzene rings is 1. The molecule has 0 saturated carbocycles. The Morgan fingerprint density at radius 1 is 1.56 bits per heavy atom. The number of aromatic hydroxyl groups is 1. The van der Waals surface area contributed by atoms with Gasteiger partial charge in [-0.1, -0.05) is 6.07 Å². The van der Waals surface area contributed by atoms with Crippen molar-refractivity contribution in [3.8, 4) is 11.5 Å². The molecular formula is C13H18N2O3. The summed E-state index contributed by atoms with van der Waals surface area (Å²) >= 11 is 0. The maximum absolute atomic E-state index is 12.3. The number of likely N-dealkylation sites (tertiary alicyclic amines) is 1. The third-order valence-electron chi connectivity index (χ3n) is 3.19. The summed E-state index contributed by atoms with van der Waals surface area (Å²) in [5.74, 6) is 0.00727. The largest absolute Gasteiger partial charge is 0.504 e. The maximum Gasteiger partial charge on any atom is 0.257 e. The molecule has 0 spiro atoms. The van der Waals surface area contributed by atoms with Gasteiger partial charge in [0.2, 0.25) is 0 Å². The van der Waals surface area contributed by atoms with E-state index < -0.39 is 0 Å². The van der Waals surface area contributed by atoms with Crippen LogP contribution in [0.5, 0.6) is 11.5 Å². The molecule has 1 amide bonds. The highest BCUT2D eigenvalue weighted by Crippen LogP contribution is 2.30. The Morgan fingerprint density at radius 2 is 2.33 bits per heavy atom. The highest BCUT2D eigenvalue weighted by Gasteiger charge is 2.25. The second-order valence-electron chi connectivity index (χ2n) is 4.51. The molecule has 1 fully saturated rings. The average Bonchev–Trinajstić information content (AvgIpc) is 2.38. The van der Waals surface area contributed by atoms with E-state index in [1.807, 2.05) is 0 Å². The standard InChI is InChI=1S/C13H18N2O3/c1-18-11-6-2-5-10(12(11)16)13(17)15-7-3-4-9(14)8-15/h2,5-6,9,16H,3-4,7-8,14H2,1H3. The van der Waals surface area contributed by atoms with Crippen LogP contribution in [0.25, 0.3) is 0 Å². The quantitative estimate of drug-likeness (QED) is 0.820. The lowest BCUT2D eigenvalue weighted by atomic mass is 10.0. The number of carbonyl (C=O) groups excluding carboxylic acids is 1. The van der Waals surface area contributed by atoms with Crippen LogP contribution in [0.4, 0.5) is 0 Å². The van der Waals surface area contributed by atoms with Gasteiger partial charge in [0.05, 0.1) is 12.7 Å². The first-order valence-electron chi connectivity index (χ1n) is 6.04. The zero-order valence-corrected chi connectivity index (χ0v) is 10.4. The average molecular weight is 250 g/mol. The SMILES string of the molecule is COc1cccc(C(=O)N2CCCC(N)C2)c1O. The number of phenolic OH excluding ortho intramolecular Hbond substituents is 1. The van der Waals surface area contributed by atoms with Crippen LogP contribution < -0.4 is 10.5 Å². The van der Waals surface area contributed by atoms with Crippen molar-refractivity contribution in [2.24, 2.45) is 5.73 Å². The number of nitrogens with two attached hydrogens (primary N) is 1. The van der Waals surface area contributed by atoms with E-state index in [0.717, 1.165) is 12.8 Å². The highest BCUT2D eigenvalue weighted by atomic mass is 16.5. The Hall–Kier alpha value is -1.75. The molecule has 5 nitrogen and oxygen atoms in total. The predicted molar refractivity (Wildman–Crippen MR) is 67.8 cm³/mol. The van der Waals surface area contributed by atoms with Crippen molar-refractivity contribution in [1.29, 1.82) is 0 Å². The van der Waals surface area contributed by atoms with Crippen molar-refractivity contribution in [3.63, 3.8) is 0 Å². The van der Waals surface area contributed by atoms with Crippen LogP contribution in [0.2, 0.25) is 0 Å². The fourth-order valence-corrected chi connectivity index (χ4v) is 2.22. The molecule has 1 heterocycles. The Balaban J connectivity index is 2.23. The van der Waals surface area contributed by atoms with Gasteiger partial charge in [-0.3, -0.25) is 4.79 Å². The molecule has 0 aliphatic carbocycles. The first kappa shape index (κ1) is 12.7. The first-order valence-corrected chi connectivity index (χ1v) is 6.04. The van der Waals surface area contributed by atoms with Crippen LogP contribution in [0.15, 0.2) is 18.2 Å². The molecule has 18 heavy (non-hydrogen) atoms. The molecule has 1 atom stereocenters. The van der Waals surface area contributed by atoms with E-state index in [2.05, 4.69) is 0 Å². The van der Waals surface area contributed by atoms with Gasteiger partial charge in [0.1, 0.15) is 0 Å². The van der Waals surface area contributed by atoms with Crippen molar-refractivity contribution in [2.75, 3.05) is 20.2 Å². The van der Waals surface area contributed by atoms with E-state index in [0.29, 0.717) is 18.8 Å². The number of hydrogen-bond donors (Lipinski definition) is 2. The van der Waals surface area contributed by atoms with Gasteiger partial charge in [-0.2, -0.15) is 0 Å². The lowest BCUT2D eigenvalue weighted by Gasteiger charge is -2.31. The molecule has 1 unspecified atom stereocenters. The number of amides is 1. The zero-order chi connectivity index (χ0) is 13.1. The fourth-order valence-electron chi connectivity index (χ4n) is 2.22. The molecule has 0 aromatic heterocycles. The van der Waals surface area contributed by atoms with Gasteiger partial charge in [0.25, 0.3) is 5.91 Å². The molecule has 0 bridgehead atoms. The number of phenols is 1. The molecule has 1 aliphatic heterocycles. The van der Waals surface area contributed by atoms with Crippen LogP contribution in [-0.2, 0) is 0 Å². The molecular weight excluding hydrogens is 232 g/mol. The molecule has 5 heteroatoms. The Bertz CT molecular complexity index is 448. The highest BCUT2D eigenvalue weighted by molar-refractivity contribution is 5.97. The third kappa shape index (κ3) is 2.41. The number of piperidine rings is 1. The number of nitrogens with zero attached hydrogens (tertiary/aromatic N) is 1. The fraction of sp³-hybridized carbons (Fsp3) is 0.462. The van der Waals surface area contributed by atoms with Crippen molar-refractivity contribution in [3.05, 3.63) is 23.8 Å². The van der Waals surface area contributed by atoms with Crippen molar-refractivity contribution < 1.29 is 14.6 Å². The Morgan fingerprint density at radius 3 is 3.00 bits per heavy atom. The van der Waals surface area contributed by atoms with E-state index in [-0.39, 0.29) is 23.3 Å². The number of rotatable bonds is 2. The van der Waals surface area contributed by atoms with Crippen molar-refractivity contribution in [2.45, 2.75) is 18.9 Å². The van der Waals surface area contributed by atoms with Gasteiger partial charge in [0.15, 0.2) is 11.5 Å². The van der Waals surface area contributed by atoms with Gasteiger partial charge in [-0.15, -0.1) is 0 Å². The van der Waals surface area contributed by atoms with Crippen molar-refractivity contribution in [1.82, 2.24) is 4.90 Å². The minimum atomic E-state index is -0.193. The van der Waals surface area contributed by atoms with Gasteiger partial charge in [-0.25, -0.2) is 0 Å². The van der Waals surface area contributed by atoms with Gasteiger partial charge < -0.3 is 20.5 Å². The molecule has 0 radical (unpaired) electrons. The summed E-state index contributed by atoms with van der Waals surface area (Å²) < 4.78 is 5.00. The molecule has 2 rings (SSSR count). The lowest BCUT2D eigenvalue weighted by molar-refractivity contribution is 0.0705. The number of ether oxygens (including phenoxy) is 1. The van der Waals surface area contributed by atoms with Crippen LogP contribution in [-0.4, -0.2) is 42.2 Å². The third-order valence-corrected chi connectivity index (χ3v) is 3.19. The van der Waals surface area contributed by atoms with Gasteiger partial charge >= 0.3 is 0 Å². The normalized spacial score (nSPS) is 19.7. The number of methoxy groups -OCH3 is 1. The summed E-state index contributed by atoms with van der Waals surface area (Å²) in [7, 11) is 1.46. The second-order valence-corrected chi connectivity index (χ2v) is 4.51. The van der Waals surface area contributed by atoms with E-state index in [1.54, 1.807) is 23.1 Å². The zero-order valence-electron chi connectivity index (χ0n) is 10.4. The summed E-state index contributed by atoms with van der Waals surface area (Å²) in [6, 6.07) is 4.93. The number of carbonyl (C=O) groups is 1. The summed E-state index contributed by atoms with van der Waals surface area (Å²) in [4.78, 5) is 14.0. The number of hydrogen-bond acceptors (Lipinski definition) is 4. The molecule has 98 valence electrons. The van der Waals surface area contributed by atoms with Gasteiger partial charge in [0, 0.05) is 19.1 Å². The predicted octanol–water partition coefficient (Wildman–Crippen LogP) is 0.964. The van der Waals surface area contributed by atoms with Crippen LogP contribution in [0, 0.1) is 0 Å². The van der Waals surface area contributed by atoms with Crippen LogP contribution in [0.3, 0.4) is 0 Å². The summed E-state index contributed by atoms with van der Waals surface area (Å²) in [6.45, 7) is 1.22. The summed E-state index contributed by atoms with van der Waals surface area (Å²) in [5.41, 5.74) is 6.12. The van der Waals surface area contributed by atoms with Crippen LogP contribution >= 0.6 is 0 Å². The smallest absolute Gasteiger partial charge is 0.257 e. The Labute approximate surface area is 106 Å². The topological polar surface area (TPSA) is 75.8 Å². The molecule has 1 aliphatic rings. The lowest BCUT2D eigenvalue weighted by Crippen LogP contribution is -2.45. The minimum Gasteiger partial charge on any atom is -0.504 e. The monoisotopic (exact) mass is 250 g/mol. The molecule has 3 N–H and O–H groups in total. The molecule has 1 aromatic rings.